The minimum absolute atomic E-state index is 0.152. The highest BCUT2D eigenvalue weighted by molar-refractivity contribution is 6.30. The molecule has 0 amide bonds. The maximum Gasteiger partial charge on any atom is 0.418 e. The molecular formula is C11H10ClF3O3. The van der Waals surface area contributed by atoms with Crippen molar-refractivity contribution >= 4 is 17.6 Å². The molecule has 1 atom stereocenters. The van der Waals surface area contributed by atoms with Crippen LogP contribution in [-0.2, 0) is 9.53 Å². The highest BCUT2D eigenvalue weighted by Gasteiger charge is 2.41. The number of ether oxygens (including phenoxy) is 1. The molecule has 0 saturated carbocycles. The number of aliphatic carboxylic acids is 1. The lowest BCUT2D eigenvalue weighted by Gasteiger charge is -2.21. The van der Waals surface area contributed by atoms with Crippen molar-refractivity contribution in [1.82, 2.24) is 0 Å². The number of hydrogen-bond acceptors (Lipinski definition) is 2. The summed E-state index contributed by atoms with van der Waals surface area (Å²) >= 11 is 5.61. The molecule has 0 aromatic heterocycles. The number of hydrogen-bond donors (Lipinski definition) is 1. The van der Waals surface area contributed by atoms with Crippen molar-refractivity contribution in [2.24, 2.45) is 0 Å². The lowest BCUT2D eigenvalue weighted by molar-refractivity contribution is -0.224. The minimum Gasteiger partial charge on any atom is -0.481 e. The molecule has 1 rings (SSSR count). The molecular weight excluding hydrogens is 273 g/mol. The van der Waals surface area contributed by atoms with Crippen molar-refractivity contribution in [1.29, 1.82) is 0 Å². The Hall–Kier alpha value is -1.27. The third kappa shape index (κ3) is 4.54. The van der Waals surface area contributed by atoms with Gasteiger partial charge in [0.15, 0.2) is 6.10 Å². The van der Waals surface area contributed by atoms with Crippen LogP contribution in [0.25, 0.3) is 0 Å². The fraction of sp³-hybridized carbons (Fsp3) is 0.364. The van der Waals surface area contributed by atoms with E-state index in [9.17, 15) is 18.0 Å². The quantitative estimate of drug-likeness (QED) is 0.900. The van der Waals surface area contributed by atoms with Crippen LogP contribution in [0.1, 0.15) is 18.1 Å². The van der Waals surface area contributed by atoms with Gasteiger partial charge < -0.3 is 9.84 Å². The smallest absolute Gasteiger partial charge is 0.418 e. The molecule has 0 spiro atoms. The Kier molecular flexibility index (Phi) is 4.98. The van der Waals surface area contributed by atoms with Crippen LogP contribution in [0.2, 0.25) is 5.02 Å². The standard InChI is InChI=1S/C11H10ClF3O3/c12-8-3-1-2-7(6-8)10(11(13,14)15)18-5-4-9(16)17/h1-3,6,10H,4-5H2,(H,16,17). The number of carboxylic acid groups (broad SMARTS) is 1. The van der Waals surface area contributed by atoms with Crippen molar-refractivity contribution in [3.8, 4) is 0 Å². The Labute approximate surface area is 106 Å². The molecule has 0 aliphatic heterocycles. The van der Waals surface area contributed by atoms with Gasteiger partial charge in [-0.15, -0.1) is 0 Å². The van der Waals surface area contributed by atoms with Gasteiger partial charge in [0.2, 0.25) is 0 Å². The van der Waals surface area contributed by atoms with Gasteiger partial charge in [-0.2, -0.15) is 13.2 Å². The first kappa shape index (κ1) is 14.8. The van der Waals surface area contributed by atoms with Crippen LogP contribution in [-0.4, -0.2) is 23.9 Å². The van der Waals surface area contributed by atoms with Crippen LogP contribution in [0.5, 0.6) is 0 Å². The van der Waals surface area contributed by atoms with E-state index in [1.165, 1.54) is 18.2 Å². The van der Waals surface area contributed by atoms with E-state index in [0.717, 1.165) is 6.07 Å². The average molecular weight is 283 g/mol. The van der Waals surface area contributed by atoms with Gasteiger partial charge in [-0.05, 0) is 17.7 Å². The van der Waals surface area contributed by atoms with E-state index >= 15 is 0 Å². The van der Waals surface area contributed by atoms with Gasteiger partial charge >= 0.3 is 12.1 Å². The number of rotatable bonds is 5. The van der Waals surface area contributed by atoms with Crippen molar-refractivity contribution in [2.75, 3.05) is 6.61 Å². The predicted molar refractivity (Wildman–Crippen MR) is 58.5 cm³/mol. The summed E-state index contributed by atoms with van der Waals surface area (Å²) in [4.78, 5) is 10.2. The molecule has 1 aromatic rings. The fourth-order valence-electron chi connectivity index (χ4n) is 1.31. The first-order valence-electron chi connectivity index (χ1n) is 4.96. The average Bonchev–Trinajstić information content (AvgIpc) is 2.22. The largest absolute Gasteiger partial charge is 0.481 e. The van der Waals surface area contributed by atoms with E-state index < -0.39 is 31.3 Å². The summed E-state index contributed by atoms with van der Waals surface area (Å²) in [7, 11) is 0. The fourth-order valence-corrected chi connectivity index (χ4v) is 1.51. The summed E-state index contributed by atoms with van der Waals surface area (Å²) in [6.45, 7) is -0.522. The highest BCUT2D eigenvalue weighted by Crippen LogP contribution is 2.36. The zero-order chi connectivity index (χ0) is 13.8. The van der Waals surface area contributed by atoms with Crippen molar-refractivity contribution in [3.05, 3.63) is 34.9 Å². The minimum atomic E-state index is -4.62. The van der Waals surface area contributed by atoms with Gasteiger partial charge in [-0.1, -0.05) is 23.7 Å². The molecule has 0 aliphatic carbocycles. The summed E-state index contributed by atoms with van der Waals surface area (Å²) < 4.78 is 42.8. The van der Waals surface area contributed by atoms with Gasteiger partial charge in [-0.25, -0.2) is 0 Å². The monoisotopic (exact) mass is 282 g/mol. The van der Waals surface area contributed by atoms with Crippen molar-refractivity contribution in [2.45, 2.75) is 18.7 Å². The van der Waals surface area contributed by atoms with Gasteiger partial charge in [0.25, 0.3) is 0 Å². The number of benzene rings is 1. The Morgan fingerprint density at radius 2 is 2.11 bits per heavy atom. The second kappa shape index (κ2) is 6.06. The summed E-state index contributed by atoms with van der Waals surface area (Å²) in [6, 6.07) is 5.18. The molecule has 0 aliphatic rings. The van der Waals surface area contributed by atoms with E-state index in [-0.39, 0.29) is 10.6 Å². The number of halogens is 4. The molecule has 7 heteroatoms. The maximum absolute atomic E-state index is 12.7. The summed E-state index contributed by atoms with van der Waals surface area (Å²) in [5.74, 6) is -1.22. The molecule has 1 N–H and O–H groups in total. The second-order valence-electron chi connectivity index (χ2n) is 3.49. The summed E-state index contributed by atoms with van der Waals surface area (Å²) in [5.41, 5.74) is -0.152. The van der Waals surface area contributed by atoms with Crippen LogP contribution >= 0.6 is 11.6 Å². The van der Waals surface area contributed by atoms with Gasteiger partial charge in [0.05, 0.1) is 13.0 Å². The van der Waals surface area contributed by atoms with Crippen LogP contribution in [0.4, 0.5) is 13.2 Å². The second-order valence-corrected chi connectivity index (χ2v) is 3.93. The molecule has 0 bridgehead atoms. The zero-order valence-corrected chi connectivity index (χ0v) is 9.83. The Bertz CT molecular complexity index is 420. The van der Waals surface area contributed by atoms with Crippen LogP contribution in [0.15, 0.2) is 24.3 Å². The number of alkyl halides is 3. The summed E-state index contributed by atoms with van der Waals surface area (Å²) in [5, 5.41) is 8.52. The highest BCUT2D eigenvalue weighted by atomic mass is 35.5. The SMILES string of the molecule is O=C(O)CCOC(c1cccc(Cl)c1)C(F)(F)F. The molecule has 100 valence electrons. The van der Waals surface area contributed by atoms with E-state index in [1.54, 1.807) is 0 Å². The van der Waals surface area contributed by atoms with Crippen LogP contribution in [0, 0.1) is 0 Å². The molecule has 0 radical (unpaired) electrons. The Morgan fingerprint density at radius 1 is 1.44 bits per heavy atom. The lowest BCUT2D eigenvalue weighted by Crippen LogP contribution is -2.24. The van der Waals surface area contributed by atoms with E-state index in [2.05, 4.69) is 4.74 Å². The zero-order valence-electron chi connectivity index (χ0n) is 9.08. The van der Waals surface area contributed by atoms with E-state index in [0.29, 0.717) is 0 Å². The predicted octanol–water partition coefficient (Wildman–Crippen LogP) is 3.43. The Balaban J connectivity index is 2.82. The molecule has 1 aromatic carbocycles. The molecule has 0 fully saturated rings. The third-order valence-electron chi connectivity index (χ3n) is 2.05. The Morgan fingerprint density at radius 3 is 2.61 bits per heavy atom. The van der Waals surface area contributed by atoms with E-state index in [1.807, 2.05) is 0 Å². The van der Waals surface area contributed by atoms with Crippen molar-refractivity contribution < 1.29 is 27.8 Å². The van der Waals surface area contributed by atoms with Crippen molar-refractivity contribution in [3.63, 3.8) is 0 Å². The number of carboxylic acids is 1. The lowest BCUT2D eigenvalue weighted by atomic mass is 10.1. The molecule has 3 nitrogen and oxygen atoms in total. The molecule has 18 heavy (non-hydrogen) atoms. The molecule has 0 saturated heterocycles. The first-order chi connectivity index (χ1) is 8.30. The topological polar surface area (TPSA) is 46.5 Å². The van der Waals surface area contributed by atoms with Crippen LogP contribution < -0.4 is 0 Å². The van der Waals surface area contributed by atoms with E-state index in [4.69, 9.17) is 16.7 Å². The normalized spacial score (nSPS) is 13.3. The first-order valence-corrected chi connectivity index (χ1v) is 5.34. The van der Waals surface area contributed by atoms with Crippen LogP contribution in [0.3, 0.4) is 0 Å². The number of carbonyl (C=O) groups is 1. The summed E-state index contributed by atoms with van der Waals surface area (Å²) in [6.07, 6.45) is -7.29. The third-order valence-corrected chi connectivity index (χ3v) is 2.28. The maximum atomic E-state index is 12.7. The molecule has 0 heterocycles. The van der Waals surface area contributed by atoms with Gasteiger partial charge in [0, 0.05) is 5.02 Å². The van der Waals surface area contributed by atoms with Gasteiger partial charge in [0.1, 0.15) is 0 Å². The molecule has 1 unspecified atom stereocenters. The van der Waals surface area contributed by atoms with Gasteiger partial charge in [-0.3, -0.25) is 4.79 Å².